The Labute approximate surface area is 259 Å². The number of ketones is 2. The summed E-state index contributed by atoms with van der Waals surface area (Å²) in [6, 6.07) is 16.0. The number of aryl methyl sites for hydroxylation is 1. The molecule has 1 N–H and O–H groups in total. The summed E-state index contributed by atoms with van der Waals surface area (Å²) in [5, 5.41) is 4.10. The van der Waals surface area contributed by atoms with Gasteiger partial charge in [-0.15, -0.1) is 11.3 Å². The maximum absolute atomic E-state index is 13.8. The lowest BCUT2D eigenvalue weighted by molar-refractivity contribution is -0.130. The van der Waals surface area contributed by atoms with E-state index < -0.39 is 5.92 Å². The first-order valence-electron chi connectivity index (χ1n) is 15.6. The van der Waals surface area contributed by atoms with Gasteiger partial charge < -0.3 is 10.1 Å². The molecule has 0 spiro atoms. The average molecular weight is 604 g/mol. The first-order valence-corrected chi connectivity index (χ1v) is 16.4. The number of hydrogen-bond donors (Lipinski definition) is 1. The van der Waals surface area contributed by atoms with Crippen LogP contribution in [-0.2, 0) is 38.4 Å². The summed E-state index contributed by atoms with van der Waals surface area (Å²) in [6.07, 6.45) is 4.16. The van der Waals surface area contributed by atoms with Crippen LogP contribution < -0.4 is 5.32 Å². The minimum atomic E-state index is -0.518. The summed E-state index contributed by atoms with van der Waals surface area (Å²) in [5.41, 5.74) is 3.86. The second-order valence-corrected chi connectivity index (χ2v) is 12.6. The molecule has 0 aliphatic carbocycles. The van der Waals surface area contributed by atoms with Crippen LogP contribution in [-0.4, -0.2) is 66.2 Å². The van der Waals surface area contributed by atoms with Crippen molar-refractivity contribution in [2.75, 3.05) is 32.8 Å². The molecule has 1 aliphatic heterocycles. The zero-order chi connectivity index (χ0) is 30.6. The number of fused-ring (bicyclic) bond motifs is 1. The third-order valence-corrected chi connectivity index (χ3v) is 9.04. The number of nitrogens with zero attached hydrogens (tertiary/aromatic N) is 2. The molecule has 1 saturated heterocycles. The number of rotatable bonds is 17. The Morgan fingerprint density at radius 2 is 1.79 bits per heavy atom. The van der Waals surface area contributed by atoms with E-state index in [-0.39, 0.29) is 29.9 Å². The highest BCUT2D eigenvalue weighted by atomic mass is 32.1. The number of benzene rings is 2. The molecule has 0 radical (unpaired) electrons. The van der Waals surface area contributed by atoms with Gasteiger partial charge in [0.2, 0.25) is 5.91 Å². The number of nitrogens with one attached hydrogen (secondary N) is 1. The Kier molecular flexibility index (Phi) is 12.6. The van der Waals surface area contributed by atoms with Crippen LogP contribution >= 0.6 is 11.3 Å². The van der Waals surface area contributed by atoms with Crippen LogP contribution in [0.3, 0.4) is 0 Å². The van der Waals surface area contributed by atoms with Gasteiger partial charge in [-0.3, -0.25) is 19.3 Å². The minimum Gasteiger partial charge on any atom is -0.379 e. The van der Waals surface area contributed by atoms with Gasteiger partial charge in [0.25, 0.3) is 0 Å². The third-order valence-electron chi connectivity index (χ3n) is 8.00. The number of ether oxygens (including phenoxy) is 1. The molecule has 8 heteroatoms. The fourth-order valence-electron chi connectivity index (χ4n) is 5.49. The number of hydrogen-bond acceptors (Lipinski definition) is 7. The van der Waals surface area contributed by atoms with E-state index in [0.717, 1.165) is 46.7 Å². The fourth-order valence-corrected chi connectivity index (χ4v) is 6.60. The summed E-state index contributed by atoms with van der Waals surface area (Å²) in [7, 11) is 0. The fraction of sp³-hybridized carbons (Fsp3) is 0.486. The Bertz CT molecular complexity index is 1380. The molecule has 2 heterocycles. The Morgan fingerprint density at radius 3 is 2.51 bits per heavy atom. The van der Waals surface area contributed by atoms with Crippen LogP contribution in [0, 0.1) is 5.92 Å². The summed E-state index contributed by atoms with van der Waals surface area (Å²) < 4.78 is 6.52. The SMILES string of the molecule is C=C(CN1CCOCC1)C(=O)CC[C@H](Cc1ccccc1)NC(=O)[C@@H](CC(=O)CCC)Cc1nc2ccc(CC)cc2s1. The number of amides is 1. The lowest BCUT2D eigenvalue weighted by Crippen LogP contribution is -2.42. The molecule has 0 bridgehead atoms. The van der Waals surface area contributed by atoms with E-state index in [2.05, 4.69) is 35.9 Å². The molecule has 3 aromatic rings. The quantitative estimate of drug-likeness (QED) is 0.198. The molecule has 1 fully saturated rings. The summed E-state index contributed by atoms with van der Waals surface area (Å²) in [4.78, 5) is 46.7. The van der Waals surface area contributed by atoms with Crippen LogP contribution in [0.2, 0.25) is 0 Å². The second-order valence-electron chi connectivity index (χ2n) is 11.5. The van der Waals surface area contributed by atoms with Crippen molar-refractivity contribution >= 4 is 39.0 Å². The molecule has 1 amide bonds. The maximum Gasteiger partial charge on any atom is 0.224 e. The van der Waals surface area contributed by atoms with E-state index >= 15 is 0 Å². The molecule has 0 saturated carbocycles. The van der Waals surface area contributed by atoms with Gasteiger partial charge in [-0.05, 0) is 48.9 Å². The number of Topliss-reactive ketones (excluding diaryl/α,β-unsaturated/α-hetero) is 2. The summed E-state index contributed by atoms with van der Waals surface area (Å²) >= 11 is 1.60. The zero-order valence-electron chi connectivity index (χ0n) is 25.6. The average Bonchev–Trinajstić information content (AvgIpc) is 3.42. The van der Waals surface area contributed by atoms with Gasteiger partial charge in [0.15, 0.2) is 5.78 Å². The molecular formula is C35H45N3O4S. The van der Waals surface area contributed by atoms with Gasteiger partial charge in [-0.1, -0.05) is 56.8 Å². The highest BCUT2D eigenvalue weighted by Crippen LogP contribution is 2.27. The van der Waals surface area contributed by atoms with Crippen molar-refractivity contribution in [3.8, 4) is 0 Å². The Morgan fingerprint density at radius 1 is 1.02 bits per heavy atom. The monoisotopic (exact) mass is 603 g/mol. The summed E-state index contributed by atoms with van der Waals surface area (Å²) in [5.74, 6) is -0.561. The Balaban J connectivity index is 1.46. The molecule has 2 atom stereocenters. The standard InChI is InChI=1S/C35H45N3O4S/c1-4-9-30(39)22-28(23-34-37-31-14-12-26(5-2)21-33(31)43-34)35(41)36-29(20-27-10-7-6-8-11-27)13-15-32(40)25(3)24-38-16-18-42-19-17-38/h6-8,10-12,14,21,28-29H,3-5,9,13,15-20,22-24H2,1-2H3,(H,36,41)/t28-,29+/m0/s1. The predicted molar refractivity (Wildman–Crippen MR) is 173 cm³/mol. The number of morpholine rings is 1. The number of carbonyl (C=O) groups is 3. The van der Waals surface area contributed by atoms with Gasteiger partial charge in [-0.2, -0.15) is 0 Å². The largest absolute Gasteiger partial charge is 0.379 e. The van der Waals surface area contributed by atoms with Gasteiger partial charge >= 0.3 is 0 Å². The molecule has 1 aliphatic rings. The summed E-state index contributed by atoms with van der Waals surface area (Å²) in [6.45, 7) is 11.6. The highest BCUT2D eigenvalue weighted by molar-refractivity contribution is 7.18. The minimum absolute atomic E-state index is 0.0226. The Hall–Kier alpha value is -3.20. The maximum atomic E-state index is 13.8. The van der Waals surface area contributed by atoms with Crippen molar-refractivity contribution < 1.29 is 19.1 Å². The zero-order valence-corrected chi connectivity index (χ0v) is 26.4. The molecule has 4 rings (SSSR count). The van der Waals surface area contributed by atoms with E-state index in [1.54, 1.807) is 11.3 Å². The topological polar surface area (TPSA) is 88.6 Å². The van der Waals surface area contributed by atoms with E-state index in [4.69, 9.17) is 9.72 Å². The van der Waals surface area contributed by atoms with Crippen molar-refractivity contribution in [3.05, 3.63) is 76.8 Å². The van der Waals surface area contributed by atoms with Crippen molar-refractivity contribution in [3.63, 3.8) is 0 Å². The van der Waals surface area contributed by atoms with Crippen LogP contribution in [0.25, 0.3) is 10.2 Å². The molecule has 0 unspecified atom stereocenters. The molecule has 230 valence electrons. The van der Waals surface area contributed by atoms with Crippen molar-refractivity contribution in [2.45, 2.75) is 71.3 Å². The third kappa shape index (κ3) is 10.2. The van der Waals surface area contributed by atoms with Crippen molar-refractivity contribution in [1.82, 2.24) is 15.2 Å². The van der Waals surface area contributed by atoms with Gasteiger partial charge in [0.1, 0.15) is 5.78 Å². The molecule has 1 aromatic heterocycles. The molecular weight excluding hydrogens is 558 g/mol. The van der Waals surface area contributed by atoms with Crippen LogP contribution in [0.15, 0.2) is 60.7 Å². The second kappa shape index (κ2) is 16.6. The first-order chi connectivity index (χ1) is 20.8. The molecule has 7 nitrogen and oxygen atoms in total. The van der Waals surface area contributed by atoms with Gasteiger partial charge in [0.05, 0.1) is 34.4 Å². The van der Waals surface area contributed by atoms with Crippen LogP contribution in [0.4, 0.5) is 0 Å². The molecule has 2 aromatic carbocycles. The molecule has 43 heavy (non-hydrogen) atoms. The van der Waals surface area contributed by atoms with Crippen molar-refractivity contribution in [2.24, 2.45) is 5.92 Å². The number of carbonyl (C=O) groups excluding carboxylic acids is 3. The van der Waals surface area contributed by atoms with E-state index in [9.17, 15) is 14.4 Å². The van der Waals surface area contributed by atoms with Crippen LogP contribution in [0.5, 0.6) is 0 Å². The van der Waals surface area contributed by atoms with E-state index in [0.29, 0.717) is 57.4 Å². The van der Waals surface area contributed by atoms with Crippen molar-refractivity contribution in [1.29, 1.82) is 0 Å². The normalized spacial score (nSPS) is 15.2. The van der Waals surface area contributed by atoms with Crippen LogP contribution in [0.1, 0.15) is 62.1 Å². The smallest absolute Gasteiger partial charge is 0.224 e. The predicted octanol–water partition coefficient (Wildman–Crippen LogP) is 5.74. The number of aromatic nitrogens is 1. The van der Waals surface area contributed by atoms with Gasteiger partial charge in [-0.25, -0.2) is 4.98 Å². The van der Waals surface area contributed by atoms with E-state index in [1.165, 1.54) is 5.56 Å². The lowest BCUT2D eigenvalue weighted by atomic mass is 9.94. The van der Waals surface area contributed by atoms with E-state index in [1.807, 2.05) is 43.3 Å². The lowest BCUT2D eigenvalue weighted by Gasteiger charge is -2.27. The van der Waals surface area contributed by atoms with Gasteiger partial charge in [0, 0.05) is 56.9 Å². The first kappa shape index (κ1) is 32.7. The highest BCUT2D eigenvalue weighted by Gasteiger charge is 2.26. The number of thiazole rings is 1.